The SMILES string of the molecule is CCCSCc1nnc2sc(CSc3ccc(Cl)cc3)nn12. The Balaban J connectivity index is 1.65. The zero-order valence-electron chi connectivity index (χ0n) is 12.0. The van der Waals surface area contributed by atoms with Crippen LogP contribution in [0.5, 0.6) is 0 Å². The van der Waals surface area contributed by atoms with Crippen molar-refractivity contribution in [3.8, 4) is 0 Å². The summed E-state index contributed by atoms with van der Waals surface area (Å²) in [6.45, 7) is 2.18. The van der Waals surface area contributed by atoms with Gasteiger partial charge in [-0.2, -0.15) is 21.4 Å². The lowest BCUT2D eigenvalue weighted by Crippen LogP contribution is -1.95. The van der Waals surface area contributed by atoms with Gasteiger partial charge < -0.3 is 0 Å². The predicted molar refractivity (Wildman–Crippen MR) is 96.1 cm³/mol. The van der Waals surface area contributed by atoms with Crippen molar-refractivity contribution in [2.45, 2.75) is 29.7 Å². The van der Waals surface area contributed by atoms with Crippen molar-refractivity contribution in [1.29, 1.82) is 0 Å². The van der Waals surface area contributed by atoms with Crippen molar-refractivity contribution in [2.24, 2.45) is 0 Å². The van der Waals surface area contributed by atoms with Gasteiger partial charge in [0.2, 0.25) is 4.96 Å². The van der Waals surface area contributed by atoms with Crippen LogP contribution in [0.25, 0.3) is 4.96 Å². The van der Waals surface area contributed by atoms with E-state index in [4.69, 9.17) is 11.6 Å². The summed E-state index contributed by atoms with van der Waals surface area (Å²) in [4.78, 5) is 2.06. The fraction of sp³-hybridized carbons (Fsp3) is 0.357. The lowest BCUT2D eigenvalue weighted by Gasteiger charge is -1.99. The summed E-state index contributed by atoms with van der Waals surface area (Å²) in [6.07, 6.45) is 1.17. The number of rotatable bonds is 7. The Bertz CT molecular complexity index is 738. The summed E-state index contributed by atoms with van der Waals surface area (Å²) >= 11 is 11.1. The van der Waals surface area contributed by atoms with Gasteiger partial charge >= 0.3 is 0 Å². The van der Waals surface area contributed by atoms with Crippen molar-refractivity contribution in [3.05, 3.63) is 40.1 Å². The number of aromatic nitrogens is 4. The van der Waals surface area contributed by atoms with Crippen LogP contribution in [-0.4, -0.2) is 25.6 Å². The molecule has 2 aromatic heterocycles. The van der Waals surface area contributed by atoms with Crippen molar-refractivity contribution in [1.82, 2.24) is 19.8 Å². The van der Waals surface area contributed by atoms with Crippen LogP contribution in [0.3, 0.4) is 0 Å². The van der Waals surface area contributed by atoms with Gasteiger partial charge in [0, 0.05) is 9.92 Å². The van der Waals surface area contributed by atoms with Crippen LogP contribution in [0, 0.1) is 0 Å². The van der Waals surface area contributed by atoms with E-state index in [1.165, 1.54) is 11.3 Å². The zero-order valence-corrected chi connectivity index (χ0v) is 15.2. The predicted octanol–water partition coefficient (Wildman–Crippen LogP) is 4.77. The molecular formula is C14H15ClN4S3. The van der Waals surface area contributed by atoms with E-state index in [1.54, 1.807) is 23.1 Å². The second-order valence-electron chi connectivity index (χ2n) is 4.60. The Labute approximate surface area is 146 Å². The Morgan fingerprint density at radius 1 is 1.18 bits per heavy atom. The number of hydrogen-bond donors (Lipinski definition) is 0. The summed E-state index contributed by atoms with van der Waals surface area (Å²) in [6, 6.07) is 7.87. The van der Waals surface area contributed by atoms with E-state index < -0.39 is 0 Å². The molecule has 0 saturated heterocycles. The first-order valence-electron chi connectivity index (χ1n) is 6.92. The van der Waals surface area contributed by atoms with Crippen LogP contribution < -0.4 is 0 Å². The molecule has 0 saturated carbocycles. The molecule has 3 rings (SSSR count). The third-order valence-electron chi connectivity index (χ3n) is 2.85. The molecule has 2 heterocycles. The van der Waals surface area contributed by atoms with E-state index in [9.17, 15) is 0 Å². The highest BCUT2D eigenvalue weighted by atomic mass is 35.5. The third kappa shape index (κ3) is 3.95. The third-order valence-corrected chi connectivity index (χ3v) is 6.37. The summed E-state index contributed by atoms with van der Waals surface area (Å²) in [5.74, 6) is 3.77. The fourth-order valence-corrected chi connectivity index (χ4v) is 4.49. The first kappa shape index (κ1) is 16.1. The van der Waals surface area contributed by atoms with Crippen molar-refractivity contribution < 1.29 is 0 Å². The minimum atomic E-state index is 0.761. The quantitative estimate of drug-likeness (QED) is 0.442. The molecule has 0 aliphatic carbocycles. The second-order valence-corrected chi connectivity index (χ2v) is 8.23. The van der Waals surface area contributed by atoms with Crippen LogP contribution in [0.1, 0.15) is 24.2 Å². The second kappa shape index (κ2) is 7.68. The van der Waals surface area contributed by atoms with Crippen LogP contribution in [0.15, 0.2) is 29.2 Å². The average molecular weight is 371 g/mol. The highest BCUT2D eigenvalue weighted by molar-refractivity contribution is 7.98. The molecule has 22 heavy (non-hydrogen) atoms. The van der Waals surface area contributed by atoms with Crippen LogP contribution in [0.4, 0.5) is 0 Å². The molecule has 0 unspecified atom stereocenters. The standard InChI is InChI=1S/C14H15ClN4S3/c1-2-7-20-8-12-16-17-14-19(12)18-13(22-14)9-21-11-5-3-10(15)4-6-11/h3-6H,2,7-9H2,1H3. The first-order chi connectivity index (χ1) is 10.8. The molecular weight excluding hydrogens is 356 g/mol. The Morgan fingerprint density at radius 2 is 2.00 bits per heavy atom. The Kier molecular flexibility index (Phi) is 5.62. The number of fused-ring (bicyclic) bond motifs is 1. The maximum absolute atomic E-state index is 5.90. The molecule has 0 atom stereocenters. The van der Waals surface area contributed by atoms with Gasteiger partial charge in [-0.25, -0.2) is 0 Å². The molecule has 3 aromatic rings. The van der Waals surface area contributed by atoms with E-state index in [0.29, 0.717) is 0 Å². The lowest BCUT2D eigenvalue weighted by molar-refractivity contribution is 0.865. The molecule has 4 nitrogen and oxygen atoms in total. The molecule has 0 aliphatic rings. The fourth-order valence-electron chi connectivity index (χ4n) is 1.83. The molecule has 0 radical (unpaired) electrons. The van der Waals surface area contributed by atoms with Gasteiger partial charge in [-0.3, -0.25) is 0 Å². The summed E-state index contributed by atoms with van der Waals surface area (Å²) in [5.41, 5.74) is 0. The van der Waals surface area contributed by atoms with Gasteiger partial charge in [0.05, 0.1) is 11.5 Å². The molecule has 0 spiro atoms. The van der Waals surface area contributed by atoms with E-state index in [2.05, 4.69) is 22.2 Å². The van der Waals surface area contributed by atoms with E-state index >= 15 is 0 Å². The smallest absolute Gasteiger partial charge is 0.186 e. The molecule has 0 N–H and O–H groups in total. The molecule has 0 fully saturated rings. The number of hydrogen-bond acceptors (Lipinski definition) is 6. The van der Waals surface area contributed by atoms with Crippen molar-refractivity contribution in [2.75, 3.05) is 5.75 Å². The Morgan fingerprint density at radius 3 is 2.77 bits per heavy atom. The van der Waals surface area contributed by atoms with Gasteiger partial charge in [-0.1, -0.05) is 29.9 Å². The van der Waals surface area contributed by atoms with Crippen molar-refractivity contribution in [3.63, 3.8) is 0 Å². The lowest BCUT2D eigenvalue weighted by atomic mass is 10.4. The van der Waals surface area contributed by atoms with Crippen LogP contribution in [0.2, 0.25) is 5.02 Å². The van der Waals surface area contributed by atoms with Gasteiger partial charge in [0.15, 0.2) is 5.82 Å². The highest BCUT2D eigenvalue weighted by Gasteiger charge is 2.11. The van der Waals surface area contributed by atoms with E-state index in [-0.39, 0.29) is 0 Å². The van der Waals surface area contributed by atoms with E-state index in [1.807, 2.05) is 40.5 Å². The monoisotopic (exact) mass is 370 g/mol. The van der Waals surface area contributed by atoms with Gasteiger partial charge in [0.1, 0.15) is 5.01 Å². The maximum atomic E-state index is 5.90. The van der Waals surface area contributed by atoms with Gasteiger partial charge in [-0.05, 0) is 36.4 Å². The Hall–Kier alpha value is -0.760. The first-order valence-corrected chi connectivity index (χ1v) is 10.3. The number of halogens is 1. The molecule has 1 aromatic carbocycles. The number of nitrogens with zero attached hydrogens (tertiary/aromatic N) is 4. The van der Waals surface area contributed by atoms with Gasteiger partial charge in [0.25, 0.3) is 0 Å². The minimum Gasteiger partial charge on any atom is -0.186 e. The average Bonchev–Trinajstić information content (AvgIpc) is 3.08. The van der Waals surface area contributed by atoms with Gasteiger partial charge in [-0.15, -0.1) is 22.0 Å². The molecule has 0 aliphatic heterocycles. The molecule has 0 bridgehead atoms. The highest BCUT2D eigenvalue weighted by Crippen LogP contribution is 2.26. The number of benzene rings is 1. The maximum Gasteiger partial charge on any atom is 0.234 e. The topological polar surface area (TPSA) is 43.1 Å². The van der Waals surface area contributed by atoms with Crippen molar-refractivity contribution >= 4 is 51.4 Å². The largest absolute Gasteiger partial charge is 0.234 e. The summed E-state index contributed by atoms with van der Waals surface area (Å²) < 4.78 is 1.88. The van der Waals surface area contributed by atoms with Crippen LogP contribution in [-0.2, 0) is 11.5 Å². The molecule has 116 valence electrons. The summed E-state index contributed by atoms with van der Waals surface area (Å²) in [5, 5.41) is 14.9. The van der Waals surface area contributed by atoms with E-state index in [0.717, 1.165) is 38.1 Å². The molecule has 8 heteroatoms. The summed E-state index contributed by atoms with van der Waals surface area (Å²) in [7, 11) is 0. The van der Waals surface area contributed by atoms with Crippen LogP contribution >= 0.6 is 46.5 Å². The normalized spacial score (nSPS) is 11.4. The zero-order chi connectivity index (χ0) is 15.4. The molecule has 0 amide bonds. The minimum absolute atomic E-state index is 0.761. The number of thioether (sulfide) groups is 2.